The number of hydrogen-bond acceptors (Lipinski definition) is 1. The number of rotatable bonds is 3. The van der Waals surface area contributed by atoms with Crippen LogP contribution < -0.4 is 0 Å². The van der Waals surface area contributed by atoms with Crippen molar-refractivity contribution < 1.29 is 4.74 Å². The van der Waals surface area contributed by atoms with Gasteiger partial charge < -0.3 is 5.21 Å². The average Bonchev–Trinajstić information content (AvgIpc) is 2.54. The minimum atomic E-state index is -0.226. The van der Waals surface area contributed by atoms with Crippen LogP contribution in [0.1, 0.15) is 24.1 Å². The fourth-order valence-electron chi connectivity index (χ4n) is 2.55. The maximum Gasteiger partial charge on any atom is 0.186 e. The quantitative estimate of drug-likeness (QED) is 0.298. The van der Waals surface area contributed by atoms with E-state index in [1.54, 1.807) is 6.21 Å². The van der Waals surface area contributed by atoms with Crippen LogP contribution in [-0.4, -0.2) is 11.0 Å². The highest BCUT2D eigenvalue weighted by molar-refractivity contribution is 5.86. The molecule has 0 aliphatic heterocycles. The van der Waals surface area contributed by atoms with E-state index in [9.17, 15) is 5.21 Å². The second-order valence-electron chi connectivity index (χ2n) is 5.14. The summed E-state index contributed by atoms with van der Waals surface area (Å²) in [4.78, 5) is 0. The molecule has 0 radical (unpaired) electrons. The van der Waals surface area contributed by atoms with Crippen LogP contribution >= 0.6 is 0 Å². The number of hydroxylamine groups is 1. The predicted octanol–water partition coefficient (Wildman–Crippen LogP) is 4.53. The molecule has 0 saturated carbocycles. The maximum absolute atomic E-state index is 12.4. The first-order valence-electron chi connectivity index (χ1n) is 7.09. The number of hydrogen-bond donors (Lipinski definition) is 0. The zero-order valence-electron chi connectivity index (χ0n) is 11.9. The van der Waals surface area contributed by atoms with E-state index in [-0.39, 0.29) is 6.04 Å². The lowest BCUT2D eigenvalue weighted by atomic mass is 10.00. The molecule has 1 unspecified atom stereocenters. The van der Waals surface area contributed by atoms with Crippen molar-refractivity contribution in [2.24, 2.45) is 0 Å². The Morgan fingerprint density at radius 3 is 2.33 bits per heavy atom. The zero-order valence-corrected chi connectivity index (χ0v) is 11.9. The molecule has 2 nitrogen and oxygen atoms in total. The summed E-state index contributed by atoms with van der Waals surface area (Å²) in [7, 11) is 0. The monoisotopic (exact) mass is 275 g/mol. The molecule has 0 amide bonds. The lowest BCUT2D eigenvalue weighted by molar-refractivity contribution is -0.497. The van der Waals surface area contributed by atoms with Gasteiger partial charge in [0.2, 0.25) is 0 Å². The van der Waals surface area contributed by atoms with Gasteiger partial charge >= 0.3 is 0 Å². The van der Waals surface area contributed by atoms with Crippen molar-refractivity contribution in [2.45, 2.75) is 13.0 Å². The van der Waals surface area contributed by atoms with Crippen LogP contribution in [0.3, 0.4) is 0 Å². The van der Waals surface area contributed by atoms with Crippen LogP contribution in [0.5, 0.6) is 0 Å². The van der Waals surface area contributed by atoms with E-state index in [0.717, 1.165) is 26.6 Å². The Morgan fingerprint density at radius 2 is 1.52 bits per heavy atom. The Balaban J connectivity index is 2.01. The first-order chi connectivity index (χ1) is 10.3. The molecule has 2 heteroatoms. The molecular weight excluding hydrogens is 258 g/mol. The Kier molecular flexibility index (Phi) is 3.69. The average molecular weight is 275 g/mol. The summed E-state index contributed by atoms with van der Waals surface area (Å²) in [6, 6.07) is 23.7. The fourth-order valence-corrected chi connectivity index (χ4v) is 2.55. The molecule has 0 heterocycles. The van der Waals surface area contributed by atoms with Crippen LogP contribution in [-0.2, 0) is 0 Å². The van der Waals surface area contributed by atoms with E-state index < -0.39 is 0 Å². The van der Waals surface area contributed by atoms with Crippen molar-refractivity contribution in [3.05, 3.63) is 89.1 Å². The Morgan fingerprint density at radius 1 is 0.857 bits per heavy atom. The summed E-state index contributed by atoms with van der Waals surface area (Å²) in [5, 5.41) is 14.7. The van der Waals surface area contributed by atoms with Crippen LogP contribution in [0.15, 0.2) is 72.8 Å². The highest BCUT2D eigenvalue weighted by atomic mass is 16.5. The van der Waals surface area contributed by atoms with Gasteiger partial charge in [-0.25, -0.2) is 4.74 Å². The van der Waals surface area contributed by atoms with Gasteiger partial charge in [0.1, 0.15) is 0 Å². The number of fused-ring (bicyclic) bond motifs is 1. The van der Waals surface area contributed by atoms with Gasteiger partial charge in [-0.05, 0) is 22.9 Å². The van der Waals surface area contributed by atoms with E-state index in [1.807, 2.05) is 61.5 Å². The predicted molar refractivity (Wildman–Crippen MR) is 87.6 cm³/mol. The minimum Gasteiger partial charge on any atom is -0.623 e. The summed E-state index contributed by atoms with van der Waals surface area (Å²) in [6.45, 7) is 1.94. The molecule has 0 aromatic heterocycles. The molecule has 3 aromatic rings. The highest BCUT2D eigenvalue weighted by Crippen LogP contribution is 2.25. The first-order valence-corrected chi connectivity index (χ1v) is 7.09. The molecular formula is C19H17NO. The summed E-state index contributed by atoms with van der Waals surface area (Å²) < 4.78 is 1.02. The second-order valence-corrected chi connectivity index (χ2v) is 5.14. The largest absolute Gasteiger partial charge is 0.623 e. The lowest BCUT2D eigenvalue weighted by Gasteiger charge is -2.15. The molecule has 0 aliphatic rings. The minimum absolute atomic E-state index is 0.226. The van der Waals surface area contributed by atoms with Crippen LogP contribution in [0.4, 0.5) is 0 Å². The van der Waals surface area contributed by atoms with Crippen molar-refractivity contribution in [3.8, 4) is 0 Å². The Labute approximate surface area is 124 Å². The third-order valence-corrected chi connectivity index (χ3v) is 3.73. The smallest absolute Gasteiger partial charge is 0.186 e. The summed E-state index contributed by atoms with van der Waals surface area (Å²) in [5.41, 5.74) is 1.97. The van der Waals surface area contributed by atoms with Crippen molar-refractivity contribution in [1.29, 1.82) is 0 Å². The summed E-state index contributed by atoms with van der Waals surface area (Å²) >= 11 is 0. The van der Waals surface area contributed by atoms with Gasteiger partial charge in [0.15, 0.2) is 12.3 Å². The van der Waals surface area contributed by atoms with Crippen molar-refractivity contribution in [2.75, 3.05) is 0 Å². The first kappa shape index (κ1) is 13.4. The molecule has 0 saturated heterocycles. The number of benzene rings is 3. The van der Waals surface area contributed by atoms with Crippen molar-refractivity contribution in [3.63, 3.8) is 0 Å². The summed E-state index contributed by atoms with van der Waals surface area (Å²) in [6.07, 6.45) is 1.65. The van der Waals surface area contributed by atoms with E-state index in [2.05, 4.69) is 18.2 Å². The summed E-state index contributed by atoms with van der Waals surface area (Å²) in [5.74, 6) is 0. The van der Waals surface area contributed by atoms with Gasteiger partial charge in [-0.15, -0.1) is 0 Å². The Hall–Kier alpha value is -2.61. The lowest BCUT2D eigenvalue weighted by Crippen LogP contribution is -2.12. The maximum atomic E-state index is 12.4. The molecule has 0 aliphatic carbocycles. The molecule has 0 spiro atoms. The van der Waals surface area contributed by atoms with E-state index >= 15 is 0 Å². The molecule has 104 valence electrons. The van der Waals surface area contributed by atoms with Gasteiger partial charge in [0, 0.05) is 18.1 Å². The van der Waals surface area contributed by atoms with Gasteiger partial charge in [-0.1, -0.05) is 60.7 Å². The highest BCUT2D eigenvalue weighted by Gasteiger charge is 2.15. The SMILES string of the molecule is CC(c1cccc2ccccc12)[N+]([O-])=Cc1ccccc1. The Bertz CT molecular complexity index is 772. The van der Waals surface area contributed by atoms with Gasteiger partial charge in [-0.2, -0.15) is 0 Å². The molecule has 21 heavy (non-hydrogen) atoms. The fraction of sp³-hybridized carbons (Fsp3) is 0.105. The zero-order chi connectivity index (χ0) is 14.7. The van der Waals surface area contributed by atoms with Gasteiger partial charge in [0.05, 0.1) is 0 Å². The van der Waals surface area contributed by atoms with Crippen LogP contribution in [0, 0.1) is 5.21 Å². The van der Waals surface area contributed by atoms with E-state index in [4.69, 9.17) is 0 Å². The van der Waals surface area contributed by atoms with Gasteiger partial charge in [0.25, 0.3) is 0 Å². The van der Waals surface area contributed by atoms with Crippen molar-refractivity contribution >= 4 is 17.0 Å². The van der Waals surface area contributed by atoms with Crippen LogP contribution in [0.2, 0.25) is 0 Å². The molecule has 0 N–H and O–H groups in total. The van der Waals surface area contributed by atoms with E-state index in [1.165, 1.54) is 0 Å². The third kappa shape index (κ3) is 2.79. The van der Waals surface area contributed by atoms with E-state index in [0.29, 0.717) is 0 Å². The number of nitrogens with zero attached hydrogens (tertiary/aromatic N) is 1. The molecule has 0 bridgehead atoms. The van der Waals surface area contributed by atoms with Crippen molar-refractivity contribution in [1.82, 2.24) is 0 Å². The normalized spacial score (nSPS) is 13.3. The second kappa shape index (κ2) is 5.80. The van der Waals surface area contributed by atoms with Gasteiger partial charge in [-0.3, -0.25) is 0 Å². The van der Waals surface area contributed by atoms with Crippen LogP contribution in [0.25, 0.3) is 10.8 Å². The molecule has 0 fully saturated rings. The molecule has 3 aromatic carbocycles. The third-order valence-electron chi connectivity index (χ3n) is 3.73. The topological polar surface area (TPSA) is 26.1 Å². The molecule has 1 atom stereocenters. The molecule has 3 rings (SSSR count). The standard InChI is InChI=1S/C19H17NO/c1-15(20(21)14-16-8-3-2-4-9-16)18-13-7-11-17-10-5-6-12-19(17)18/h2-15H,1H3.